The van der Waals surface area contributed by atoms with E-state index in [2.05, 4.69) is 19.2 Å². The molecule has 1 rings (SSSR count). The molecule has 0 saturated heterocycles. The van der Waals surface area contributed by atoms with E-state index in [1.807, 2.05) is 0 Å². The van der Waals surface area contributed by atoms with Gasteiger partial charge in [-0.05, 0) is 24.1 Å². The molecule has 0 fully saturated rings. The van der Waals surface area contributed by atoms with Crippen LogP contribution in [0, 0.1) is 11.7 Å². The molecule has 2 nitrogen and oxygen atoms in total. The second-order valence-electron chi connectivity index (χ2n) is 3.51. The van der Waals surface area contributed by atoms with Crippen LogP contribution >= 0.6 is 0 Å². The van der Waals surface area contributed by atoms with Gasteiger partial charge in [-0.1, -0.05) is 13.8 Å². The monoisotopic (exact) mass is 182 g/mol. The Morgan fingerprint density at radius 2 is 2.15 bits per heavy atom. The molecule has 1 aromatic carbocycles. The summed E-state index contributed by atoms with van der Waals surface area (Å²) >= 11 is 0. The van der Waals surface area contributed by atoms with E-state index < -0.39 is 0 Å². The lowest BCUT2D eigenvalue weighted by Gasteiger charge is -2.10. The van der Waals surface area contributed by atoms with Crippen molar-refractivity contribution in [3.8, 4) is 0 Å². The maximum Gasteiger partial charge on any atom is 0.125 e. The molecule has 0 aliphatic heterocycles. The van der Waals surface area contributed by atoms with Gasteiger partial charge in [-0.15, -0.1) is 0 Å². The van der Waals surface area contributed by atoms with E-state index >= 15 is 0 Å². The van der Waals surface area contributed by atoms with Crippen molar-refractivity contribution in [3.05, 3.63) is 24.0 Å². The van der Waals surface area contributed by atoms with Crippen molar-refractivity contribution in [2.45, 2.75) is 13.8 Å². The summed E-state index contributed by atoms with van der Waals surface area (Å²) in [7, 11) is 0. The maximum atomic E-state index is 12.8. The molecule has 3 N–H and O–H groups in total. The molecule has 0 amide bonds. The molecule has 0 aromatic heterocycles. The quantitative estimate of drug-likeness (QED) is 0.705. The molecule has 72 valence electrons. The minimum Gasteiger partial charge on any atom is -0.397 e. The topological polar surface area (TPSA) is 38.0 Å². The number of benzene rings is 1. The van der Waals surface area contributed by atoms with Gasteiger partial charge in [0.05, 0.1) is 11.4 Å². The van der Waals surface area contributed by atoms with Gasteiger partial charge in [-0.2, -0.15) is 0 Å². The van der Waals surface area contributed by atoms with E-state index in [9.17, 15) is 4.39 Å². The molecular formula is C10H15FN2. The van der Waals surface area contributed by atoms with Gasteiger partial charge in [0, 0.05) is 6.54 Å². The Balaban J connectivity index is 2.70. The number of nitrogen functional groups attached to an aromatic ring is 1. The molecule has 13 heavy (non-hydrogen) atoms. The van der Waals surface area contributed by atoms with Crippen molar-refractivity contribution >= 4 is 11.4 Å². The van der Waals surface area contributed by atoms with Crippen LogP contribution in [0.3, 0.4) is 0 Å². The van der Waals surface area contributed by atoms with Crippen molar-refractivity contribution < 1.29 is 4.39 Å². The fourth-order valence-corrected chi connectivity index (χ4v) is 0.996. The van der Waals surface area contributed by atoms with Gasteiger partial charge in [0.25, 0.3) is 0 Å². The number of hydrogen-bond donors (Lipinski definition) is 2. The van der Waals surface area contributed by atoms with Crippen LogP contribution in [0.4, 0.5) is 15.8 Å². The first kappa shape index (κ1) is 9.84. The molecule has 0 heterocycles. The first-order valence-electron chi connectivity index (χ1n) is 4.38. The largest absolute Gasteiger partial charge is 0.397 e. The average molecular weight is 182 g/mol. The number of halogens is 1. The van der Waals surface area contributed by atoms with E-state index in [0.717, 1.165) is 6.54 Å². The van der Waals surface area contributed by atoms with Crippen molar-refractivity contribution in [1.82, 2.24) is 0 Å². The molecule has 0 atom stereocenters. The van der Waals surface area contributed by atoms with Crippen molar-refractivity contribution in [3.63, 3.8) is 0 Å². The Kier molecular flexibility index (Phi) is 3.12. The number of nitrogens with two attached hydrogens (primary N) is 1. The third kappa shape index (κ3) is 2.93. The second kappa shape index (κ2) is 4.12. The van der Waals surface area contributed by atoms with Crippen LogP contribution in [0.5, 0.6) is 0 Å². The third-order valence-corrected chi connectivity index (χ3v) is 1.72. The summed E-state index contributed by atoms with van der Waals surface area (Å²) in [6.07, 6.45) is 0. The predicted molar refractivity (Wildman–Crippen MR) is 54.1 cm³/mol. The van der Waals surface area contributed by atoms with Crippen LogP contribution in [-0.2, 0) is 0 Å². The number of hydrogen-bond acceptors (Lipinski definition) is 2. The Labute approximate surface area is 77.9 Å². The molecular weight excluding hydrogens is 167 g/mol. The second-order valence-corrected chi connectivity index (χ2v) is 3.51. The summed E-state index contributed by atoms with van der Waals surface area (Å²) in [5.41, 5.74) is 6.91. The summed E-state index contributed by atoms with van der Waals surface area (Å²) in [6, 6.07) is 4.34. The van der Waals surface area contributed by atoms with Crippen LogP contribution in [0.25, 0.3) is 0 Å². The van der Waals surface area contributed by atoms with Crippen LogP contribution in [0.2, 0.25) is 0 Å². The molecule has 0 bridgehead atoms. The zero-order valence-corrected chi connectivity index (χ0v) is 7.97. The highest BCUT2D eigenvalue weighted by molar-refractivity contribution is 5.65. The molecule has 1 aromatic rings. The Bertz CT molecular complexity index is 284. The SMILES string of the molecule is CC(C)CNc1cc(F)ccc1N. The fraction of sp³-hybridized carbons (Fsp3) is 0.400. The lowest BCUT2D eigenvalue weighted by molar-refractivity contribution is 0.627. The molecule has 0 unspecified atom stereocenters. The number of anilines is 2. The molecule has 0 aliphatic carbocycles. The van der Waals surface area contributed by atoms with Gasteiger partial charge >= 0.3 is 0 Å². The van der Waals surface area contributed by atoms with E-state index in [-0.39, 0.29) is 5.82 Å². The summed E-state index contributed by atoms with van der Waals surface area (Å²) in [5.74, 6) is 0.253. The van der Waals surface area contributed by atoms with Gasteiger partial charge in [-0.25, -0.2) is 4.39 Å². The minimum atomic E-state index is -0.263. The lowest BCUT2D eigenvalue weighted by atomic mass is 10.2. The van der Waals surface area contributed by atoms with Crippen LogP contribution < -0.4 is 11.1 Å². The van der Waals surface area contributed by atoms with E-state index in [1.54, 1.807) is 6.07 Å². The number of rotatable bonds is 3. The fourth-order valence-electron chi connectivity index (χ4n) is 0.996. The zero-order chi connectivity index (χ0) is 9.84. The third-order valence-electron chi connectivity index (χ3n) is 1.72. The van der Waals surface area contributed by atoms with Crippen LogP contribution in [0.1, 0.15) is 13.8 Å². The summed E-state index contributed by atoms with van der Waals surface area (Å²) < 4.78 is 12.8. The standard InChI is InChI=1S/C10H15FN2/c1-7(2)6-13-10-5-8(11)3-4-9(10)12/h3-5,7,13H,6,12H2,1-2H3. The Morgan fingerprint density at radius 1 is 1.46 bits per heavy atom. The van der Waals surface area contributed by atoms with Gasteiger partial charge < -0.3 is 11.1 Å². The van der Waals surface area contributed by atoms with Crippen molar-refractivity contribution in [1.29, 1.82) is 0 Å². The highest BCUT2D eigenvalue weighted by atomic mass is 19.1. The first-order valence-corrected chi connectivity index (χ1v) is 4.38. The smallest absolute Gasteiger partial charge is 0.125 e. The van der Waals surface area contributed by atoms with Crippen molar-refractivity contribution in [2.24, 2.45) is 5.92 Å². The van der Waals surface area contributed by atoms with Gasteiger partial charge in [-0.3, -0.25) is 0 Å². The normalized spacial score (nSPS) is 10.5. The highest BCUT2D eigenvalue weighted by Gasteiger charge is 2.00. The Hall–Kier alpha value is -1.25. The Morgan fingerprint density at radius 3 is 2.77 bits per heavy atom. The lowest BCUT2D eigenvalue weighted by Crippen LogP contribution is -2.09. The van der Waals surface area contributed by atoms with E-state index in [1.165, 1.54) is 12.1 Å². The predicted octanol–water partition coefficient (Wildman–Crippen LogP) is 2.48. The zero-order valence-electron chi connectivity index (χ0n) is 7.97. The van der Waals surface area contributed by atoms with Crippen molar-refractivity contribution in [2.75, 3.05) is 17.6 Å². The maximum absolute atomic E-state index is 12.8. The average Bonchev–Trinajstić information content (AvgIpc) is 2.06. The molecule has 0 saturated carbocycles. The molecule has 3 heteroatoms. The highest BCUT2D eigenvalue weighted by Crippen LogP contribution is 2.19. The molecule has 0 spiro atoms. The first-order chi connectivity index (χ1) is 6.09. The van der Waals surface area contributed by atoms with Gasteiger partial charge in [0.2, 0.25) is 0 Å². The van der Waals surface area contributed by atoms with Gasteiger partial charge in [0.1, 0.15) is 5.82 Å². The molecule has 0 radical (unpaired) electrons. The van der Waals surface area contributed by atoms with Crippen LogP contribution in [0.15, 0.2) is 18.2 Å². The van der Waals surface area contributed by atoms with E-state index in [0.29, 0.717) is 17.3 Å². The van der Waals surface area contributed by atoms with E-state index in [4.69, 9.17) is 5.73 Å². The summed E-state index contributed by atoms with van der Waals surface area (Å²) in [5, 5.41) is 3.09. The number of nitrogens with one attached hydrogen (secondary N) is 1. The summed E-state index contributed by atoms with van der Waals surface area (Å²) in [4.78, 5) is 0. The van der Waals surface area contributed by atoms with Gasteiger partial charge in [0.15, 0.2) is 0 Å². The van der Waals surface area contributed by atoms with Crippen LogP contribution in [-0.4, -0.2) is 6.54 Å². The summed E-state index contributed by atoms with van der Waals surface area (Å²) in [6.45, 7) is 4.97. The molecule has 0 aliphatic rings. The minimum absolute atomic E-state index is 0.263.